The van der Waals surface area contributed by atoms with Gasteiger partial charge in [-0.25, -0.2) is 0 Å². The monoisotopic (exact) mass is 394 g/mol. The van der Waals surface area contributed by atoms with Crippen molar-refractivity contribution in [1.29, 1.82) is 0 Å². The van der Waals surface area contributed by atoms with Gasteiger partial charge in [0.15, 0.2) is 6.17 Å². The summed E-state index contributed by atoms with van der Waals surface area (Å²) in [5, 5.41) is 6.40. The van der Waals surface area contributed by atoms with Crippen molar-refractivity contribution in [2.75, 3.05) is 12.4 Å². The Morgan fingerprint density at radius 2 is 1.50 bits per heavy atom. The summed E-state index contributed by atoms with van der Waals surface area (Å²) >= 11 is 5.92. The highest BCUT2D eigenvalue weighted by Crippen LogP contribution is 2.16. The molecule has 2 N–H and O–H groups in total. The van der Waals surface area contributed by atoms with Crippen LogP contribution >= 0.6 is 11.6 Å². The van der Waals surface area contributed by atoms with E-state index in [9.17, 15) is 9.59 Å². The largest absolute Gasteiger partial charge is 0.497 e. The first-order valence-electron chi connectivity index (χ1n) is 8.63. The average molecular weight is 395 g/mol. The number of carbonyl (C=O) groups is 2. The Morgan fingerprint density at radius 3 is 2.11 bits per heavy atom. The molecule has 0 heterocycles. The molecule has 0 fully saturated rings. The highest BCUT2D eigenvalue weighted by molar-refractivity contribution is 6.30. The highest BCUT2D eigenvalue weighted by Gasteiger charge is 2.22. The standard InChI is InChI=1S/C22H19ClN2O3/c1-28-19-13-7-16(8-14-19)22(27)25-21(20(26)15-5-3-2-4-6-15)24-18-11-9-17(23)10-12-18/h2-14,21,24H,1H3,(H,25,27). The van der Waals surface area contributed by atoms with Crippen molar-refractivity contribution in [3.63, 3.8) is 0 Å². The van der Waals surface area contributed by atoms with E-state index in [4.69, 9.17) is 16.3 Å². The van der Waals surface area contributed by atoms with Crippen LogP contribution < -0.4 is 15.4 Å². The van der Waals surface area contributed by atoms with Gasteiger partial charge in [-0.15, -0.1) is 0 Å². The molecule has 3 rings (SSSR count). The smallest absolute Gasteiger partial charge is 0.253 e. The Balaban J connectivity index is 1.83. The van der Waals surface area contributed by atoms with Gasteiger partial charge in [-0.1, -0.05) is 41.9 Å². The number of hydrogen-bond acceptors (Lipinski definition) is 4. The summed E-state index contributed by atoms with van der Waals surface area (Å²) in [5.41, 5.74) is 1.57. The molecule has 1 amide bonds. The fraction of sp³-hybridized carbons (Fsp3) is 0.0909. The second kappa shape index (κ2) is 9.06. The number of anilines is 1. The van der Waals surface area contributed by atoms with E-state index in [-0.39, 0.29) is 11.7 Å². The second-order valence-electron chi connectivity index (χ2n) is 6.02. The number of Topliss-reactive ketones (excluding diaryl/α,β-unsaturated/α-hetero) is 1. The van der Waals surface area contributed by atoms with Crippen LogP contribution in [0.4, 0.5) is 5.69 Å². The number of ether oxygens (including phenoxy) is 1. The van der Waals surface area contributed by atoms with Crippen molar-refractivity contribution in [3.8, 4) is 5.75 Å². The van der Waals surface area contributed by atoms with Gasteiger partial charge in [-0.05, 0) is 48.5 Å². The topological polar surface area (TPSA) is 67.4 Å². The molecule has 0 saturated heterocycles. The molecule has 28 heavy (non-hydrogen) atoms. The Hall–Kier alpha value is -3.31. The number of benzene rings is 3. The molecular formula is C22H19ClN2O3. The van der Waals surface area contributed by atoms with E-state index >= 15 is 0 Å². The molecule has 0 radical (unpaired) electrons. The van der Waals surface area contributed by atoms with Crippen molar-refractivity contribution in [2.45, 2.75) is 6.17 Å². The first-order chi connectivity index (χ1) is 13.6. The Labute approximate surface area is 168 Å². The first-order valence-corrected chi connectivity index (χ1v) is 9.01. The number of rotatable bonds is 7. The van der Waals surface area contributed by atoms with Crippen molar-refractivity contribution in [1.82, 2.24) is 5.32 Å². The summed E-state index contributed by atoms with van der Waals surface area (Å²) in [6, 6.07) is 22.4. The molecule has 3 aromatic carbocycles. The van der Waals surface area contributed by atoms with Crippen molar-refractivity contribution >= 4 is 29.0 Å². The second-order valence-corrected chi connectivity index (χ2v) is 6.45. The maximum Gasteiger partial charge on any atom is 0.253 e. The lowest BCUT2D eigenvalue weighted by atomic mass is 10.1. The molecule has 0 aliphatic rings. The van der Waals surface area contributed by atoms with Crippen LogP contribution in [-0.4, -0.2) is 25.0 Å². The normalized spacial score (nSPS) is 11.4. The summed E-state index contributed by atoms with van der Waals surface area (Å²) in [6.07, 6.45) is -0.946. The number of carbonyl (C=O) groups excluding carboxylic acids is 2. The van der Waals surface area contributed by atoms with E-state index in [1.54, 1.807) is 79.9 Å². The fourth-order valence-electron chi connectivity index (χ4n) is 2.61. The Bertz CT molecular complexity index is 942. The zero-order valence-electron chi connectivity index (χ0n) is 15.2. The van der Waals surface area contributed by atoms with Crippen molar-refractivity contribution in [3.05, 3.63) is 95.0 Å². The lowest BCUT2D eigenvalue weighted by Crippen LogP contribution is -2.46. The van der Waals surface area contributed by atoms with Gasteiger partial charge in [-0.3, -0.25) is 9.59 Å². The molecule has 0 aliphatic carbocycles. The molecule has 1 atom stereocenters. The molecule has 0 saturated carbocycles. The molecule has 0 aliphatic heterocycles. The lowest BCUT2D eigenvalue weighted by Gasteiger charge is -2.20. The number of ketones is 1. The van der Waals surface area contributed by atoms with E-state index in [1.165, 1.54) is 0 Å². The summed E-state index contributed by atoms with van der Waals surface area (Å²) in [6.45, 7) is 0. The highest BCUT2D eigenvalue weighted by atomic mass is 35.5. The minimum Gasteiger partial charge on any atom is -0.497 e. The van der Waals surface area contributed by atoms with Crippen LogP contribution in [0.3, 0.4) is 0 Å². The van der Waals surface area contributed by atoms with Crippen LogP contribution in [0.15, 0.2) is 78.9 Å². The summed E-state index contributed by atoms with van der Waals surface area (Å²) in [7, 11) is 1.56. The summed E-state index contributed by atoms with van der Waals surface area (Å²) < 4.78 is 5.11. The zero-order valence-corrected chi connectivity index (χ0v) is 15.9. The molecule has 3 aromatic rings. The summed E-state index contributed by atoms with van der Waals surface area (Å²) in [5.74, 6) is 0.0172. The van der Waals surface area contributed by atoms with Crippen LogP contribution in [0.1, 0.15) is 20.7 Å². The number of methoxy groups -OCH3 is 1. The SMILES string of the molecule is COc1ccc(C(=O)NC(Nc2ccc(Cl)cc2)C(=O)c2ccccc2)cc1. The van der Waals surface area contributed by atoms with E-state index in [0.717, 1.165) is 0 Å². The maximum absolute atomic E-state index is 13.0. The molecule has 0 spiro atoms. The minimum atomic E-state index is -0.946. The molecule has 5 nitrogen and oxygen atoms in total. The van der Waals surface area contributed by atoms with E-state index < -0.39 is 6.17 Å². The molecule has 1 unspecified atom stereocenters. The maximum atomic E-state index is 13.0. The number of nitrogens with one attached hydrogen (secondary N) is 2. The van der Waals surface area contributed by atoms with E-state index in [0.29, 0.717) is 27.6 Å². The predicted molar refractivity (Wildman–Crippen MR) is 110 cm³/mol. The molecule has 6 heteroatoms. The quantitative estimate of drug-likeness (QED) is 0.460. The third-order valence-electron chi connectivity index (χ3n) is 4.10. The molecule has 0 aromatic heterocycles. The van der Waals surface area contributed by atoms with Crippen LogP contribution in [0.5, 0.6) is 5.75 Å². The number of amides is 1. The van der Waals surface area contributed by atoms with Gasteiger partial charge in [0.25, 0.3) is 5.91 Å². The van der Waals surface area contributed by atoms with Gasteiger partial charge in [-0.2, -0.15) is 0 Å². The van der Waals surface area contributed by atoms with Gasteiger partial charge < -0.3 is 15.4 Å². The summed E-state index contributed by atoms with van der Waals surface area (Å²) in [4.78, 5) is 25.6. The van der Waals surface area contributed by atoms with Crippen LogP contribution in [0, 0.1) is 0 Å². The molecule has 142 valence electrons. The number of halogens is 1. The zero-order chi connectivity index (χ0) is 19.9. The van der Waals surface area contributed by atoms with E-state index in [2.05, 4.69) is 10.6 Å². The Kier molecular flexibility index (Phi) is 6.29. The molecule has 0 bridgehead atoms. The van der Waals surface area contributed by atoms with Crippen LogP contribution in [-0.2, 0) is 0 Å². The van der Waals surface area contributed by atoms with Gasteiger partial charge in [0.2, 0.25) is 5.78 Å². The van der Waals surface area contributed by atoms with Crippen LogP contribution in [0.2, 0.25) is 5.02 Å². The van der Waals surface area contributed by atoms with Crippen LogP contribution in [0.25, 0.3) is 0 Å². The fourth-order valence-corrected chi connectivity index (χ4v) is 2.73. The van der Waals surface area contributed by atoms with Crippen molar-refractivity contribution in [2.24, 2.45) is 0 Å². The first kappa shape index (κ1) is 19.5. The number of hydrogen-bond donors (Lipinski definition) is 2. The third kappa shape index (κ3) is 4.90. The van der Waals surface area contributed by atoms with Gasteiger partial charge >= 0.3 is 0 Å². The average Bonchev–Trinajstić information content (AvgIpc) is 2.75. The van der Waals surface area contributed by atoms with Gasteiger partial charge in [0.1, 0.15) is 5.75 Å². The van der Waals surface area contributed by atoms with Gasteiger partial charge in [0, 0.05) is 21.8 Å². The third-order valence-corrected chi connectivity index (χ3v) is 4.36. The predicted octanol–water partition coefficient (Wildman–Crippen LogP) is 4.40. The lowest BCUT2D eigenvalue weighted by molar-refractivity contribution is 0.0869. The molecular weight excluding hydrogens is 376 g/mol. The van der Waals surface area contributed by atoms with Crippen molar-refractivity contribution < 1.29 is 14.3 Å². The minimum absolute atomic E-state index is 0.252. The van der Waals surface area contributed by atoms with E-state index in [1.807, 2.05) is 6.07 Å². The van der Waals surface area contributed by atoms with Gasteiger partial charge in [0.05, 0.1) is 7.11 Å². The Morgan fingerprint density at radius 1 is 0.857 bits per heavy atom.